The molecule has 22 heavy (non-hydrogen) atoms. The van der Waals surface area contributed by atoms with E-state index in [4.69, 9.17) is 4.74 Å². The van der Waals surface area contributed by atoms with Crippen LogP contribution in [0.5, 0.6) is 0 Å². The average Bonchev–Trinajstić information content (AvgIpc) is 2.99. The summed E-state index contributed by atoms with van der Waals surface area (Å²) in [7, 11) is 0. The van der Waals surface area contributed by atoms with Gasteiger partial charge in [0, 0.05) is 12.3 Å². The van der Waals surface area contributed by atoms with Crippen LogP contribution in [-0.2, 0) is 14.3 Å². The molecule has 0 aromatic heterocycles. The lowest BCUT2D eigenvalue weighted by Crippen LogP contribution is -2.94. The van der Waals surface area contributed by atoms with Crippen molar-refractivity contribution in [1.82, 2.24) is 0 Å². The molecule has 1 aliphatic rings. The lowest BCUT2D eigenvalue weighted by molar-refractivity contribution is -0.687. The first kappa shape index (κ1) is 16.5. The first-order chi connectivity index (χ1) is 10.5. The summed E-state index contributed by atoms with van der Waals surface area (Å²) in [5.41, 5.74) is 1.75. The number of carbonyl (C=O) groups is 2. The van der Waals surface area contributed by atoms with Gasteiger partial charge in [0.1, 0.15) is 18.7 Å². The molecule has 1 saturated heterocycles. The molecule has 2 atom stereocenters. The van der Waals surface area contributed by atoms with Gasteiger partial charge in [-0.05, 0) is 31.9 Å². The fraction of sp³-hybridized carbons (Fsp3) is 0.500. The third-order valence-corrected chi connectivity index (χ3v) is 3.75. The Labute approximate surface area is 129 Å². The first-order valence-electron chi connectivity index (χ1n) is 7.57. The van der Waals surface area contributed by atoms with E-state index in [0.29, 0.717) is 12.2 Å². The molecule has 120 valence electrons. The number of ether oxygens (including phenoxy) is 1. The second kappa shape index (κ2) is 7.91. The average molecular weight is 306 g/mol. The van der Waals surface area contributed by atoms with Crippen molar-refractivity contribution in [2.45, 2.75) is 38.3 Å². The molecule has 0 aliphatic carbocycles. The number of nitrogens with two attached hydrogens (primary N) is 1. The number of aliphatic carboxylic acids is 1. The minimum Gasteiger partial charge on any atom is -0.544 e. The molecule has 1 aromatic carbocycles. The Kier molecular flexibility index (Phi) is 5.91. The van der Waals surface area contributed by atoms with E-state index in [1.807, 2.05) is 19.1 Å². The van der Waals surface area contributed by atoms with Crippen LogP contribution in [0.15, 0.2) is 24.3 Å². The molecule has 2 rings (SSSR count). The highest BCUT2D eigenvalue weighted by Gasteiger charge is 2.23. The number of anilines is 1. The summed E-state index contributed by atoms with van der Waals surface area (Å²) in [5.74, 6) is -1.56. The molecule has 1 amide bonds. The molecule has 6 nitrogen and oxygen atoms in total. The zero-order chi connectivity index (χ0) is 15.9. The van der Waals surface area contributed by atoms with Gasteiger partial charge in [-0.15, -0.1) is 0 Å². The molecule has 0 radical (unpaired) electrons. The van der Waals surface area contributed by atoms with Crippen molar-refractivity contribution >= 4 is 17.6 Å². The number of hydrogen-bond donors (Lipinski definition) is 2. The van der Waals surface area contributed by atoms with Gasteiger partial charge in [0.05, 0.1) is 12.4 Å². The van der Waals surface area contributed by atoms with Gasteiger partial charge in [0.15, 0.2) is 0 Å². The van der Waals surface area contributed by atoms with Crippen molar-refractivity contribution in [2.24, 2.45) is 0 Å². The van der Waals surface area contributed by atoms with Gasteiger partial charge in [-0.2, -0.15) is 0 Å². The molecule has 0 unspecified atom stereocenters. The molecule has 1 aromatic rings. The fourth-order valence-corrected chi connectivity index (χ4v) is 2.46. The van der Waals surface area contributed by atoms with E-state index in [2.05, 4.69) is 5.32 Å². The number of aryl methyl sites for hydroxylation is 1. The van der Waals surface area contributed by atoms with Crippen LogP contribution in [-0.4, -0.2) is 37.2 Å². The van der Waals surface area contributed by atoms with Crippen molar-refractivity contribution < 1.29 is 24.7 Å². The number of benzene rings is 1. The van der Waals surface area contributed by atoms with Crippen LogP contribution < -0.4 is 15.7 Å². The summed E-state index contributed by atoms with van der Waals surface area (Å²) >= 11 is 0. The molecule has 6 heteroatoms. The minimum absolute atomic E-state index is 0.0713. The first-order valence-corrected chi connectivity index (χ1v) is 7.57. The second-order valence-electron chi connectivity index (χ2n) is 5.65. The summed E-state index contributed by atoms with van der Waals surface area (Å²) in [5, 5.41) is 15.5. The Balaban J connectivity index is 1.82. The van der Waals surface area contributed by atoms with Crippen LogP contribution in [0.25, 0.3) is 0 Å². The maximum Gasteiger partial charge on any atom is 0.230 e. The number of nitrogens with one attached hydrogen (secondary N) is 1. The molecule has 1 aliphatic heterocycles. The quantitative estimate of drug-likeness (QED) is 0.688. The largest absolute Gasteiger partial charge is 0.544 e. The van der Waals surface area contributed by atoms with Crippen LogP contribution >= 0.6 is 0 Å². The van der Waals surface area contributed by atoms with Crippen LogP contribution in [0.3, 0.4) is 0 Å². The summed E-state index contributed by atoms with van der Waals surface area (Å²) < 4.78 is 5.45. The van der Waals surface area contributed by atoms with Gasteiger partial charge in [0.2, 0.25) is 5.91 Å². The topological polar surface area (TPSA) is 95.1 Å². The predicted molar refractivity (Wildman–Crippen MR) is 79.0 cm³/mol. The lowest BCUT2D eigenvalue weighted by atomic mass is 10.1. The van der Waals surface area contributed by atoms with Gasteiger partial charge >= 0.3 is 0 Å². The molecule has 0 spiro atoms. The summed E-state index contributed by atoms with van der Waals surface area (Å²) in [6, 6.07) is 6.45. The zero-order valence-corrected chi connectivity index (χ0v) is 12.7. The van der Waals surface area contributed by atoms with Crippen molar-refractivity contribution in [2.75, 3.05) is 18.5 Å². The molecule has 1 fully saturated rings. The van der Waals surface area contributed by atoms with E-state index < -0.39 is 12.0 Å². The second-order valence-corrected chi connectivity index (χ2v) is 5.65. The zero-order valence-electron chi connectivity index (χ0n) is 12.7. The highest BCUT2D eigenvalue weighted by atomic mass is 16.5. The number of quaternary nitrogens is 1. The van der Waals surface area contributed by atoms with E-state index in [0.717, 1.165) is 25.0 Å². The fourth-order valence-electron chi connectivity index (χ4n) is 2.46. The Morgan fingerprint density at radius 2 is 2.14 bits per heavy atom. The molecule has 0 saturated carbocycles. The molecular weight excluding hydrogens is 284 g/mol. The molecule has 3 N–H and O–H groups in total. The Bertz CT molecular complexity index is 509. The van der Waals surface area contributed by atoms with E-state index in [1.54, 1.807) is 17.4 Å². The monoisotopic (exact) mass is 306 g/mol. The lowest BCUT2D eigenvalue weighted by Gasteiger charge is -2.18. The van der Waals surface area contributed by atoms with Gasteiger partial charge in [-0.1, -0.05) is 17.7 Å². The molecule has 1 heterocycles. The van der Waals surface area contributed by atoms with E-state index in [1.165, 1.54) is 0 Å². The Morgan fingerprint density at radius 3 is 2.73 bits per heavy atom. The van der Waals surface area contributed by atoms with E-state index in [9.17, 15) is 14.7 Å². The van der Waals surface area contributed by atoms with Gasteiger partial charge in [-0.3, -0.25) is 4.79 Å². The number of carbonyl (C=O) groups excluding carboxylic acids is 2. The molecular formula is C16H22N2O4. The number of carboxylic acid groups (broad SMARTS) is 1. The van der Waals surface area contributed by atoms with Crippen molar-refractivity contribution in [3.8, 4) is 0 Å². The summed E-state index contributed by atoms with van der Waals surface area (Å²) in [6.07, 6.45) is 1.89. The van der Waals surface area contributed by atoms with Crippen molar-refractivity contribution in [1.29, 1.82) is 0 Å². The number of amides is 1. The minimum atomic E-state index is -1.22. The van der Waals surface area contributed by atoms with Crippen molar-refractivity contribution in [3.63, 3.8) is 0 Å². The molecule has 0 bridgehead atoms. The maximum absolute atomic E-state index is 12.0. The van der Waals surface area contributed by atoms with Crippen LogP contribution in [0.4, 0.5) is 5.69 Å². The Hall–Kier alpha value is -1.92. The van der Waals surface area contributed by atoms with E-state index >= 15 is 0 Å². The standard InChI is InChI=1S/C16H22N2O4/c1-11-4-6-12(7-5-11)18-15(19)9-14(16(20)21)17-10-13-3-2-8-22-13/h4-7,13-14,17H,2-3,8-10H2,1H3,(H,18,19)(H,20,21)/t13-,14+/m1/s1. The summed E-state index contributed by atoms with van der Waals surface area (Å²) in [6.45, 7) is 3.22. The van der Waals surface area contributed by atoms with E-state index in [-0.39, 0.29) is 18.4 Å². The highest BCUT2D eigenvalue weighted by Crippen LogP contribution is 2.10. The smallest absolute Gasteiger partial charge is 0.230 e. The van der Waals surface area contributed by atoms with Crippen LogP contribution in [0, 0.1) is 6.92 Å². The number of hydrogen-bond acceptors (Lipinski definition) is 4. The van der Waals surface area contributed by atoms with Crippen LogP contribution in [0.1, 0.15) is 24.8 Å². The normalized spacial score (nSPS) is 18.9. The summed E-state index contributed by atoms with van der Waals surface area (Å²) in [4.78, 5) is 23.1. The number of rotatable bonds is 7. The number of carboxylic acids is 1. The maximum atomic E-state index is 12.0. The van der Waals surface area contributed by atoms with Gasteiger partial charge in [0.25, 0.3) is 0 Å². The van der Waals surface area contributed by atoms with Crippen molar-refractivity contribution in [3.05, 3.63) is 29.8 Å². The highest BCUT2D eigenvalue weighted by molar-refractivity contribution is 5.93. The SMILES string of the molecule is Cc1ccc(NC(=O)C[C@H]([NH2+]C[C@H]2CCCO2)C(=O)[O-])cc1. The Morgan fingerprint density at radius 1 is 1.41 bits per heavy atom. The third kappa shape index (κ3) is 5.13. The van der Waals surface area contributed by atoms with Gasteiger partial charge in [-0.25, -0.2) is 0 Å². The van der Waals surface area contributed by atoms with Crippen LogP contribution in [0.2, 0.25) is 0 Å². The predicted octanol–water partition coefficient (Wildman–Crippen LogP) is -0.815. The van der Waals surface area contributed by atoms with Gasteiger partial charge < -0.3 is 25.3 Å². The third-order valence-electron chi connectivity index (χ3n) is 3.75.